The van der Waals surface area contributed by atoms with Gasteiger partial charge in [-0.1, -0.05) is 11.6 Å². The normalized spacial score (nSPS) is 19.5. The average molecular weight is 290 g/mol. The molecule has 1 fully saturated rings. The van der Waals surface area contributed by atoms with Crippen molar-refractivity contribution in [3.63, 3.8) is 0 Å². The predicted octanol–water partition coefficient (Wildman–Crippen LogP) is 2.65. The van der Waals surface area contributed by atoms with Gasteiger partial charge in [-0.2, -0.15) is 0 Å². The van der Waals surface area contributed by atoms with E-state index in [9.17, 15) is 4.79 Å². The number of aryl methyl sites for hydroxylation is 1. The first-order valence-electron chi connectivity index (χ1n) is 6.75. The third-order valence-electron chi connectivity index (χ3n) is 3.70. The molecule has 1 aliphatic rings. The highest BCUT2D eigenvalue weighted by Gasteiger charge is 2.27. The monoisotopic (exact) mass is 290 g/mol. The van der Waals surface area contributed by atoms with Gasteiger partial charge in [-0.15, -0.1) is 11.3 Å². The SMILES string of the molecule is Cc1ccc2sc(C(=O)N3CCOCC3C)c(N)c2c1. The third-order valence-corrected chi connectivity index (χ3v) is 4.88. The van der Waals surface area contributed by atoms with Crippen LogP contribution in [0.5, 0.6) is 0 Å². The molecular formula is C15H18N2O2S. The van der Waals surface area contributed by atoms with Crippen LogP contribution in [0.2, 0.25) is 0 Å². The molecule has 4 nitrogen and oxygen atoms in total. The van der Waals surface area contributed by atoms with Crippen molar-refractivity contribution < 1.29 is 9.53 Å². The van der Waals surface area contributed by atoms with Crippen LogP contribution in [0.25, 0.3) is 10.1 Å². The molecule has 5 heteroatoms. The van der Waals surface area contributed by atoms with E-state index >= 15 is 0 Å². The van der Waals surface area contributed by atoms with E-state index in [0.29, 0.717) is 30.3 Å². The van der Waals surface area contributed by atoms with E-state index in [2.05, 4.69) is 0 Å². The Kier molecular flexibility index (Phi) is 3.40. The van der Waals surface area contributed by atoms with E-state index < -0.39 is 0 Å². The first kappa shape index (κ1) is 13.4. The Labute approximate surface area is 122 Å². The van der Waals surface area contributed by atoms with Gasteiger partial charge >= 0.3 is 0 Å². The van der Waals surface area contributed by atoms with Gasteiger partial charge in [0, 0.05) is 16.6 Å². The number of morpholine rings is 1. The number of carbonyl (C=O) groups excluding carboxylic acids is 1. The summed E-state index contributed by atoms with van der Waals surface area (Å²) in [6.07, 6.45) is 0. The Balaban J connectivity index is 2.01. The second kappa shape index (κ2) is 5.07. The molecule has 1 amide bonds. The number of nitrogens with two attached hydrogens (primary N) is 1. The second-order valence-electron chi connectivity index (χ2n) is 5.27. The summed E-state index contributed by atoms with van der Waals surface area (Å²) < 4.78 is 6.45. The molecule has 2 heterocycles. The quantitative estimate of drug-likeness (QED) is 0.878. The second-order valence-corrected chi connectivity index (χ2v) is 6.32. The summed E-state index contributed by atoms with van der Waals surface area (Å²) in [5, 5.41) is 0.985. The molecule has 1 unspecified atom stereocenters. The number of anilines is 1. The highest BCUT2D eigenvalue weighted by atomic mass is 32.1. The number of rotatable bonds is 1. The van der Waals surface area contributed by atoms with E-state index in [0.717, 1.165) is 15.6 Å². The summed E-state index contributed by atoms with van der Waals surface area (Å²) >= 11 is 1.48. The molecule has 2 aromatic rings. The number of thiophene rings is 1. The van der Waals surface area contributed by atoms with Gasteiger partial charge in [0.2, 0.25) is 0 Å². The summed E-state index contributed by atoms with van der Waals surface area (Å²) in [6.45, 7) is 5.86. The number of nitrogen functional groups attached to an aromatic ring is 1. The maximum atomic E-state index is 12.7. The molecule has 0 saturated carbocycles. The topological polar surface area (TPSA) is 55.6 Å². The van der Waals surface area contributed by atoms with Crippen LogP contribution in [0.15, 0.2) is 18.2 Å². The van der Waals surface area contributed by atoms with Gasteiger partial charge in [0.25, 0.3) is 5.91 Å². The zero-order chi connectivity index (χ0) is 14.3. The molecule has 1 aliphatic heterocycles. The minimum Gasteiger partial charge on any atom is -0.397 e. The van der Waals surface area contributed by atoms with Crippen molar-refractivity contribution in [2.75, 3.05) is 25.5 Å². The molecule has 0 bridgehead atoms. The fourth-order valence-electron chi connectivity index (χ4n) is 2.55. The third kappa shape index (κ3) is 2.17. The Morgan fingerprint density at radius 1 is 1.50 bits per heavy atom. The maximum Gasteiger partial charge on any atom is 0.266 e. The van der Waals surface area contributed by atoms with Gasteiger partial charge in [0.05, 0.1) is 24.9 Å². The predicted molar refractivity (Wildman–Crippen MR) is 82.3 cm³/mol. The molecule has 20 heavy (non-hydrogen) atoms. The van der Waals surface area contributed by atoms with Crippen molar-refractivity contribution in [1.29, 1.82) is 0 Å². The van der Waals surface area contributed by atoms with Gasteiger partial charge in [0.15, 0.2) is 0 Å². The summed E-state index contributed by atoms with van der Waals surface area (Å²) in [6, 6.07) is 6.22. The van der Waals surface area contributed by atoms with Crippen molar-refractivity contribution in [3.05, 3.63) is 28.6 Å². The van der Waals surface area contributed by atoms with Crippen LogP contribution >= 0.6 is 11.3 Å². The molecule has 1 saturated heterocycles. The van der Waals surface area contributed by atoms with Gasteiger partial charge in [-0.25, -0.2) is 0 Å². The van der Waals surface area contributed by atoms with Gasteiger partial charge in [0.1, 0.15) is 4.88 Å². The first-order chi connectivity index (χ1) is 9.58. The molecule has 0 aliphatic carbocycles. The van der Waals surface area contributed by atoms with Crippen molar-refractivity contribution in [2.24, 2.45) is 0 Å². The molecule has 2 N–H and O–H groups in total. The van der Waals surface area contributed by atoms with E-state index in [1.165, 1.54) is 11.3 Å². The summed E-state index contributed by atoms with van der Waals surface area (Å²) in [5.74, 6) is 0.0251. The minimum absolute atomic E-state index is 0.0251. The molecule has 1 atom stereocenters. The summed E-state index contributed by atoms with van der Waals surface area (Å²) in [4.78, 5) is 15.2. The number of hydrogen-bond acceptors (Lipinski definition) is 4. The molecule has 0 radical (unpaired) electrons. The van der Waals surface area contributed by atoms with E-state index in [1.807, 2.05) is 36.9 Å². The largest absolute Gasteiger partial charge is 0.397 e. The number of benzene rings is 1. The number of ether oxygens (including phenoxy) is 1. The van der Waals surface area contributed by atoms with Crippen LogP contribution in [0.1, 0.15) is 22.2 Å². The van der Waals surface area contributed by atoms with Crippen LogP contribution in [-0.4, -0.2) is 36.6 Å². The highest BCUT2D eigenvalue weighted by Crippen LogP contribution is 2.35. The van der Waals surface area contributed by atoms with Crippen LogP contribution in [0.4, 0.5) is 5.69 Å². The molecular weight excluding hydrogens is 272 g/mol. The molecule has 3 rings (SSSR count). The number of hydrogen-bond donors (Lipinski definition) is 1. The fourth-order valence-corrected chi connectivity index (χ4v) is 3.61. The van der Waals surface area contributed by atoms with Crippen LogP contribution in [0, 0.1) is 6.92 Å². The maximum absolute atomic E-state index is 12.7. The van der Waals surface area contributed by atoms with E-state index in [-0.39, 0.29) is 11.9 Å². The molecule has 1 aromatic carbocycles. The summed E-state index contributed by atoms with van der Waals surface area (Å²) in [7, 11) is 0. The van der Waals surface area contributed by atoms with Crippen molar-refractivity contribution in [2.45, 2.75) is 19.9 Å². The number of carbonyl (C=O) groups is 1. The Hall–Kier alpha value is -1.59. The first-order valence-corrected chi connectivity index (χ1v) is 7.57. The van der Waals surface area contributed by atoms with Crippen LogP contribution in [0.3, 0.4) is 0 Å². The lowest BCUT2D eigenvalue weighted by Crippen LogP contribution is -2.47. The number of nitrogens with zero attached hydrogens (tertiary/aromatic N) is 1. The van der Waals surface area contributed by atoms with Crippen molar-refractivity contribution >= 4 is 33.0 Å². The fraction of sp³-hybridized carbons (Fsp3) is 0.400. The zero-order valence-electron chi connectivity index (χ0n) is 11.7. The van der Waals surface area contributed by atoms with Crippen LogP contribution < -0.4 is 5.73 Å². The van der Waals surface area contributed by atoms with Gasteiger partial charge < -0.3 is 15.4 Å². The highest BCUT2D eigenvalue weighted by molar-refractivity contribution is 7.21. The Morgan fingerprint density at radius 3 is 3.05 bits per heavy atom. The molecule has 0 spiro atoms. The van der Waals surface area contributed by atoms with Gasteiger partial charge in [-0.3, -0.25) is 4.79 Å². The smallest absolute Gasteiger partial charge is 0.266 e. The summed E-state index contributed by atoms with van der Waals surface area (Å²) in [5.41, 5.74) is 7.95. The Bertz CT molecular complexity index is 665. The standard InChI is InChI=1S/C15H18N2O2S/c1-9-3-4-12-11(7-9)13(16)14(20-12)15(18)17-5-6-19-8-10(17)2/h3-4,7,10H,5-6,8,16H2,1-2H3. The van der Waals surface area contributed by atoms with Gasteiger partial charge in [-0.05, 0) is 26.0 Å². The van der Waals surface area contributed by atoms with E-state index in [1.54, 1.807) is 0 Å². The zero-order valence-corrected chi connectivity index (χ0v) is 12.5. The Morgan fingerprint density at radius 2 is 2.30 bits per heavy atom. The minimum atomic E-state index is 0.0251. The average Bonchev–Trinajstić information content (AvgIpc) is 2.76. The number of amides is 1. The molecule has 1 aromatic heterocycles. The number of fused-ring (bicyclic) bond motifs is 1. The van der Waals surface area contributed by atoms with Crippen LogP contribution in [-0.2, 0) is 4.74 Å². The van der Waals surface area contributed by atoms with E-state index in [4.69, 9.17) is 10.5 Å². The molecule has 106 valence electrons. The van der Waals surface area contributed by atoms with Crippen molar-refractivity contribution in [1.82, 2.24) is 4.90 Å². The lowest BCUT2D eigenvalue weighted by molar-refractivity contribution is 0.00392. The lowest BCUT2D eigenvalue weighted by atomic mass is 10.1. The van der Waals surface area contributed by atoms with Crippen molar-refractivity contribution in [3.8, 4) is 0 Å². The lowest BCUT2D eigenvalue weighted by Gasteiger charge is -2.33.